The van der Waals surface area contributed by atoms with E-state index in [-0.39, 0.29) is 29.7 Å². The van der Waals surface area contributed by atoms with Gasteiger partial charge in [-0.1, -0.05) is 5.16 Å². The lowest BCUT2D eigenvalue weighted by Crippen LogP contribution is -2.41. The molecule has 1 saturated heterocycles. The number of benzene rings is 1. The summed E-state index contributed by atoms with van der Waals surface area (Å²) in [4.78, 5) is 14.3. The SMILES string of the molecule is COC[C@H]1CCCN(C(=O)c2cc(COc3ccc(F)cc3F)on2)C1. The van der Waals surface area contributed by atoms with Crippen molar-refractivity contribution in [1.29, 1.82) is 0 Å². The minimum Gasteiger partial charge on any atom is -0.482 e. The number of hydrogen-bond acceptors (Lipinski definition) is 5. The number of carbonyl (C=O) groups excluding carboxylic acids is 1. The first kappa shape index (κ1) is 18.3. The van der Waals surface area contributed by atoms with Crippen molar-refractivity contribution in [2.24, 2.45) is 5.92 Å². The Balaban J connectivity index is 1.59. The van der Waals surface area contributed by atoms with Gasteiger partial charge in [0.2, 0.25) is 0 Å². The second kappa shape index (κ2) is 8.27. The smallest absolute Gasteiger partial charge is 0.276 e. The van der Waals surface area contributed by atoms with Gasteiger partial charge in [0.05, 0.1) is 6.61 Å². The molecule has 6 nitrogen and oxygen atoms in total. The van der Waals surface area contributed by atoms with Gasteiger partial charge >= 0.3 is 0 Å². The summed E-state index contributed by atoms with van der Waals surface area (Å²) in [6, 6.07) is 4.50. The molecule has 0 spiro atoms. The Morgan fingerprint density at radius 3 is 3.00 bits per heavy atom. The highest BCUT2D eigenvalue weighted by Gasteiger charge is 2.26. The van der Waals surface area contributed by atoms with E-state index in [1.807, 2.05) is 0 Å². The first-order valence-corrected chi connectivity index (χ1v) is 8.38. The van der Waals surface area contributed by atoms with Crippen molar-refractivity contribution in [1.82, 2.24) is 10.1 Å². The van der Waals surface area contributed by atoms with Crippen molar-refractivity contribution >= 4 is 5.91 Å². The monoisotopic (exact) mass is 366 g/mol. The first-order chi connectivity index (χ1) is 12.6. The van der Waals surface area contributed by atoms with Crippen LogP contribution >= 0.6 is 0 Å². The van der Waals surface area contributed by atoms with Crippen LogP contribution in [-0.2, 0) is 11.3 Å². The summed E-state index contributed by atoms with van der Waals surface area (Å²) in [5, 5.41) is 3.78. The van der Waals surface area contributed by atoms with E-state index in [0.717, 1.165) is 25.0 Å². The van der Waals surface area contributed by atoms with Crippen molar-refractivity contribution in [3.63, 3.8) is 0 Å². The number of methoxy groups -OCH3 is 1. The fraction of sp³-hybridized carbons (Fsp3) is 0.444. The number of aromatic nitrogens is 1. The van der Waals surface area contributed by atoms with Crippen molar-refractivity contribution < 1.29 is 27.6 Å². The molecule has 140 valence electrons. The lowest BCUT2D eigenvalue weighted by atomic mass is 9.99. The Kier molecular flexibility index (Phi) is 5.82. The number of likely N-dealkylation sites (tertiary alicyclic amines) is 1. The Morgan fingerprint density at radius 1 is 1.38 bits per heavy atom. The first-order valence-electron chi connectivity index (χ1n) is 8.38. The highest BCUT2D eigenvalue weighted by atomic mass is 19.1. The van der Waals surface area contributed by atoms with Gasteiger partial charge in [-0.3, -0.25) is 4.79 Å². The number of rotatable bonds is 6. The normalized spacial score (nSPS) is 17.3. The second-order valence-electron chi connectivity index (χ2n) is 6.26. The van der Waals surface area contributed by atoms with Gasteiger partial charge in [0.25, 0.3) is 5.91 Å². The zero-order valence-corrected chi connectivity index (χ0v) is 14.4. The third-order valence-corrected chi connectivity index (χ3v) is 4.25. The predicted molar refractivity (Wildman–Crippen MR) is 87.7 cm³/mol. The van der Waals surface area contributed by atoms with E-state index >= 15 is 0 Å². The van der Waals surface area contributed by atoms with Crippen LogP contribution < -0.4 is 4.74 Å². The van der Waals surface area contributed by atoms with Crippen molar-refractivity contribution in [2.75, 3.05) is 26.8 Å². The molecule has 0 unspecified atom stereocenters. The Morgan fingerprint density at radius 2 is 2.23 bits per heavy atom. The molecule has 3 rings (SSSR count). The van der Waals surface area contributed by atoms with E-state index in [1.54, 1.807) is 12.0 Å². The number of ether oxygens (including phenoxy) is 2. The molecule has 1 aliphatic heterocycles. The third-order valence-electron chi connectivity index (χ3n) is 4.25. The van der Waals surface area contributed by atoms with Gasteiger partial charge in [-0.15, -0.1) is 0 Å². The zero-order chi connectivity index (χ0) is 18.5. The molecule has 26 heavy (non-hydrogen) atoms. The highest BCUT2D eigenvalue weighted by molar-refractivity contribution is 5.92. The lowest BCUT2D eigenvalue weighted by molar-refractivity contribution is 0.0561. The molecule has 1 aromatic heterocycles. The number of hydrogen-bond donors (Lipinski definition) is 0. The van der Waals surface area contributed by atoms with Crippen LogP contribution in [0.3, 0.4) is 0 Å². The molecular formula is C18H20F2N2O4. The molecule has 1 amide bonds. The number of halogens is 2. The Bertz CT molecular complexity index is 763. The average molecular weight is 366 g/mol. The van der Waals surface area contributed by atoms with Gasteiger partial charge in [0.15, 0.2) is 23.0 Å². The molecular weight excluding hydrogens is 346 g/mol. The third kappa shape index (κ3) is 4.37. The minimum absolute atomic E-state index is 0.103. The molecule has 2 heterocycles. The van der Waals surface area contributed by atoms with Crippen molar-refractivity contribution in [3.05, 3.63) is 47.4 Å². The maximum absolute atomic E-state index is 13.5. The van der Waals surface area contributed by atoms with Crippen LogP contribution in [0.2, 0.25) is 0 Å². The number of carbonyl (C=O) groups is 1. The molecule has 1 fully saturated rings. The van der Waals surface area contributed by atoms with Gasteiger partial charge < -0.3 is 18.9 Å². The number of piperidine rings is 1. The van der Waals surface area contributed by atoms with Gasteiger partial charge in [0, 0.05) is 32.3 Å². The zero-order valence-electron chi connectivity index (χ0n) is 14.4. The molecule has 1 atom stereocenters. The van der Waals surface area contributed by atoms with Crippen LogP contribution in [0.1, 0.15) is 29.1 Å². The summed E-state index contributed by atoms with van der Waals surface area (Å²) in [6.07, 6.45) is 1.94. The molecule has 1 aromatic carbocycles. The topological polar surface area (TPSA) is 64.8 Å². The summed E-state index contributed by atoms with van der Waals surface area (Å²) in [5.74, 6) is -1.21. The molecule has 0 saturated carbocycles. The van der Waals surface area contributed by atoms with E-state index in [1.165, 1.54) is 12.1 Å². The van der Waals surface area contributed by atoms with Gasteiger partial charge in [0.1, 0.15) is 12.4 Å². The molecule has 8 heteroatoms. The fourth-order valence-corrected chi connectivity index (χ4v) is 3.01. The largest absolute Gasteiger partial charge is 0.482 e. The van der Waals surface area contributed by atoms with Crippen LogP contribution in [0.25, 0.3) is 0 Å². The van der Waals surface area contributed by atoms with E-state index in [2.05, 4.69) is 5.16 Å². The molecule has 2 aromatic rings. The highest BCUT2D eigenvalue weighted by Crippen LogP contribution is 2.21. The standard InChI is InChI=1S/C18H20F2N2O4/c1-24-10-12-3-2-6-22(9-12)18(23)16-8-14(26-21-16)11-25-17-5-4-13(19)7-15(17)20/h4-5,7-8,12H,2-3,6,9-11H2,1H3/t12-/m0/s1. The van der Waals surface area contributed by atoms with E-state index in [9.17, 15) is 13.6 Å². The fourth-order valence-electron chi connectivity index (χ4n) is 3.01. The Labute approximate surface area is 149 Å². The molecule has 1 aliphatic rings. The van der Waals surface area contributed by atoms with Gasteiger partial charge in [-0.25, -0.2) is 8.78 Å². The van der Waals surface area contributed by atoms with Crippen molar-refractivity contribution in [2.45, 2.75) is 19.4 Å². The summed E-state index contributed by atoms with van der Waals surface area (Å²) < 4.78 is 41.9. The summed E-state index contributed by atoms with van der Waals surface area (Å²) >= 11 is 0. The van der Waals surface area contributed by atoms with Gasteiger partial charge in [-0.2, -0.15) is 0 Å². The molecule has 0 N–H and O–H groups in total. The molecule has 0 bridgehead atoms. The van der Waals surface area contributed by atoms with Gasteiger partial charge in [-0.05, 0) is 30.9 Å². The number of nitrogens with zero attached hydrogens (tertiary/aromatic N) is 2. The minimum atomic E-state index is -0.807. The summed E-state index contributed by atoms with van der Waals surface area (Å²) in [5.41, 5.74) is 0.182. The quantitative estimate of drug-likeness (QED) is 0.786. The van der Waals surface area contributed by atoms with Crippen LogP contribution in [0.4, 0.5) is 8.78 Å². The number of amides is 1. The van der Waals surface area contributed by atoms with E-state index < -0.39 is 11.6 Å². The van der Waals surface area contributed by atoms with Crippen LogP contribution in [0.5, 0.6) is 5.75 Å². The van der Waals surface area contributed by atoms with Crippen LogP contribution in [0.15, 0.2) is 28.8 Å². The second-order valence-corrected chi connectivity index (χ2v) is 6.26. The molecule has 0 radical (unpaired) electrons. The van der Waals surface area contributed by atoms with Crippen LogP contribution in [-0.4, -0.2) is 42.8 Å². The lowest BCUT2D eigenvalue weighted by Gasteiger charge is -2.31. The van der Waals surface area contributed by atoms with E-state index in [0.29, 0.717) is 25.6 Å². The van der Waals surface area contributed by atoms with Crippen LogP contribution in [0, 0.1) is 17.6 Å². The maximum atomic E-state index is 13.5. The summed E-state index contributed by atoms with van der Waals surface area (Å²) in [6.45, 7) is 1.78. The van der Waals surface area contributed by atoms with E-state index in [4.69, 9.17) is 14.0 Å². The van der Waals surface area contributed by atoms with Crippen molar-refractivity contribution in [3.8, 4) is 5.75 Å². The Hall–Kier alpha value is -2.48. The maximum Gasteiger partial charge on any atom is 0.276 e. The summed E-state index contributed by atoms with van der Waals surface area (Å²) in [7, 11) is 1.65. The molecule has 0 aliphatic carbocycles. The predicted octanol–water partition coefficient (Wildman–Crippen LogP) is 3.03. The average Bonchev–Trinajstić information content (AvgIpc) is 3.10.